The number of carbonyl (C=O) groups excluding carboxylic acids is 1. The molecule has 0 saturated heterocycles. The van der Waals surface area contributed by atoms with Crippen molar-refractivity contribution in [2.75, 3.05) is 12.4 Å². The Morgan fingerprint density at radius 2 is 1.94 bits per heavy atom. The second-order valence-electron chi connectivity index (χ2n) is 7.56. The minimum atomic E-state index is -0.203. The van der Waals surface area contributed by atoms with Gasteiger partial charge in [0, 0.05) is 45.9 Å². The maximum atomic E-state index is 13.1. The van der Waals surface area contributed by atoms with E-state index in [0.717, 1.165) is 27.5 Å². The number of benzene rings is 2. The Labute approximate surface area is 202 Å². The summed E-state index contributed by atoms with van der Waals surface area (Å²) in [5.41, 5.74) is 4.04. The van der Waals surface area contributed by atoms with Crippen LogP contribution in [0.5, 0.6) is 11.5 Å². The maximum Gasteiger partial charge on any atom is 0.256 e. The zero-order chi connectivity index (χ0) is 23.9. The number of pyridine rings is 1. The van der Waals surface area contributed by atoms with Crippen LogP contribution in [0.1, 0.15) is 32.9 Å². The molecule has 7 nitrogen and oxygen atoms in total. The molecule has 1 N–H and O–H groups in total. The standard InChI is InChI=1S/C26H25N3O4S/c1-17-22(18(2)33-29-17)16-34-25-9-5-4-8-21(25)26(30)28-20-10-11-23(31-3)24(13-20)32-15-19-7-6-12-27-14-19/h4-14H,15-16H2,1-3H3,(H,28,30). The lowest BCUT2D eigenvalue weighted by atomic mass is 10.2. The van der Waals surface area contributed by atoms with Crippen LogP contribution in [0.3, 0.4) is 0 Å². The average Bonchev–Trinajstić information content (AvgIpc) is 3.19. The number of ether oxygens (including phenoxy) is 2. The van der Waals surface area contributed by atoms with E-state index in [1.807, 2.05) is 50.2 Å². The van der Waals surface area contributed by atoms with Gasteiger partial charge in [-0.3, -0.25) is 9.78 Å². The number of nitrogens with one attached hydrogen (secondary N) is 1. The van der Waals surface area contributed by atoms with Crippen LogP contribution in [0.2, 0.25) is 0 Å². The summed E-state index contributed by atoms with van der Waals surface area (Å²) in [5, 5.41) is 6.98. The molecular formula is C26H25N3O4S. The first kappa shape index (κ1) is 23.4. The molecule has 8 heteroatoms. The second-order valence-corrected chi connectivity index (χ2v) is 8.57. The van der Waals surface area contributed by atoms with Crippen molar-refractivity contribution in [3.8, 4) is 11.5 Å². The number of amides is 1. The van der Waals surface area contributed by atoms with Gasteiger partial charge in [-0.25, -0.2) is 0 Å². The normalized spacial score (nSPS) is 10.7. The van der Waals surface area contributed by atoms with Gasteiger partial charge in [-0.15, -0.1) is 11.8 Å². The monoisotopic (exact) mass is 475 g/mol. The molecule has 0 unspecified atom stereocenters. The zero-order valence-corrected chi connectivity index (χ0v) is 20.0. The number of aryl methyl sites for hydroxylation is 2. The van der Waals surface area contributed by atoms with Crippen molar-refractivity contribution in [3.05, 3.63) is 95.1 Å². The molecule has 34 heavy (non-hydrogen) atoms. The highest BCUT2D eigenvalue weighted by atomic mass is 32.2. The molecule has 174 valence electrons. The van der Waals surface area contributed by atoms with E-state index in [1.54, 1.807) is 49.5 Å². The SMILES string of the molecule is COc1ccc(NC(=O)c2ccccc2SCc2c(C)noc2C)cc1OCc1cccnc1. The molecule has 0 saturated carbocycles. The van der Waals surface area contributed by atoms with Crippen molar-refractivity contribution in [1.82, 2.24) is 10.1 Å². The molecule has 0 aliphatic heterocycles. The Bertz CT molecular complexity index is 1250. The van der Waals surface area contributed by atoms with Crippen molar-refractivity contribution in [3.63, 3.8) is 0 Å². The highest BCUT2D eigenvalue weighted by Gasteiger charge is 2.16. The summed E-state index contributed by atoms with van der Waals surface area (Å²) in [6, 6.07) is 16.6. The first-order chi connectivity index (χ1) is 16.5. The highest BCUT2D eigenvalue weighted by molar-refractivity contribution is 7.98. The quantitative estimate of drug-likeness (QED) is 0.305. The minimum absolute atomic E-state index is 0.203. The lowest BCUT2D eigenvalue weighted by molar-refractivity contribution is 0.102. The zero-order valence-electron chi connectivity index (χ0n) is 19.2. The second kappa shape index (κ2) is 10.9. The van der Waals surface area contributed by atoms with Crippen molar-refractivity contribution in [1.29, 1.82) is 0 Å². The number of hydrogen-bond donors (Lipinski definition) is 1. The molecule has 2 aromatic heterocycles. The van der Waals surface area contributed by atoms with Gasteiger partial charge >= 0.3 is 0 Å². The fourth-order valence-corrected chi connectivity index (χ4v) is 4.55. The summed E-state index contributed by atoms with van der Waals surface area (Å²) >= 11 is 1.58. The van der Waals surface area contributed by atoms with Crippen LogP contribution in [0.15, 0.2) is 76.4 Å². The van der Waals surface area contributed by atoms with Crippen LogP contribution < -0.4 is 14.8 Å². The van der Waals surface area contributed by atoms with Gasteiger partial charge in [0.15, 0.2) is 11.5 Å². The summed E-state index contributed by atoms with van der Waals surface area (Å²) in [4.78, 5) is 18.1. The topological polar surface area (TPSA) is 86.5 Å². The fourth-order valence-electron chi connectivity index (χ4n) is 3.35. The van der Waals surface area contributed by atoms with Crippen LogP contribution in [-0.2, 0) is 12.4 Å². The summed E-state index contributed by atoms with van der Waals surface area (Å²) in [5.74, 6) is 2.37. The van der Waals surface area contributed by atoms with Gasteiger partial charge in [0.2, 0.25) is 0 Å². The Hall–Kier alpha value is -3.78. The van der Waals surface area contributed by atoms with E-state index < -0.39 is 0 Å². The molecule has 0 radical (unpaired) electrons. The molecule has 0 aliphatic rings. The van der Waals surface area contributed by atoms with Crippen molar-refractivity contribution < 1.29 is 18.8 Å². The minimum Gasteiger partial charge on any atom is -0.493 e. The van der Waals surface area contributed by atoms with Crippen LogP contribution in [-0.4, -0.2) is 23.2 Å². The number of hydrogen-bond acceptors (Lipinski definition) is 7. The van der Waals surface area contributed by atoms with E-state index in [4.69, 9.17) is 14.0 Å². The first-order valence-electron chi connectivity index (χ1n) is 10.7. The maximum absolute atomic E-state index is 13.1. The van der Waals surface area contributed by atoms with Crippen molar-refractivity contribution >= 4 is 23.4 Å². The molecule has 2 aromatic carbocycles. The smallest absolute Gasteiger partial charge is 0.256 e. The van der Waals surface area contributed by atoms with Gasteiger partial charge in [-0.1, -0.05) is 23.4 Å². The van der Waals surface area contributed by atoms with Gasteiger partial charge < -0.3 is 19.3 Å². The van der Waals surface area contributed by atoms with Crippen molar-refractivity contribution in [2.45, 2.75) is 31.1 Å². The molecule has 0 aliphatic carbocycles. The van der Waals surface area contributed by atoms with Gasteiger partial charge in [0.05, 0.1) is 18.4 Å². The fraction of sp³-hybridized carbons (Fsp3) is 0.192. The van der Waals surface area contributed by atoms with Gasteiger partial charge in [-0.05, 0) is 44.2 Å². The van der Waals surface area contributed by atoms with Crippen LogP contribution in [0.25, 0.3) is 0 Å². The number of rotatable bonds is 9. The van der Waals surface area contributed by atoms with Gasteiger partial charge in [-0.2, -0.15) is 0 Å². The molecule has 0 bridgehead atoms. The predicted molar refractivity (Wildman–Crippen MR) is 131 cm³/mol. The molecule has 0 spiro atoms. The van der Waals surface area contributed by atoms with Gasteiger partial charge in [0.1, 0.15) is 12.4 Å². The Morgan fingerprint density at radius 1 is 1.09 bits per heavy atom. The lowest BCUT2D eigenvalue weighted by Gasteiger charge is -2.14. The van der Waals surface area contributed by atoms with E-state index in [2.05, 4.69) is 15.5 Å². The largest absolute Gasteiger partial charge is 0.493 e. The third-order valence-electron chi connectivity index (χ3n) is 5.22. The summed E-state index contributed by atoms with van der Waals surface area (Å²) in [6.07, 6.45) is 3.46. The van der Waals surface area contributed by atoms with Crippen molar-refractivity contribution in [2.24, 2.45) is 0 Å². The number of methoxy groups -OCH3 is 1. The van der Waals surface area contributed by atoms with E-state index in [9.17, 15) is 4.79 Å². The molecule has 4 aromatic rings. The molecule has 1 amide bonds. The summed E-state index contributed by atoms with van der Waals surface area (Å²) in [6.45, 7) is 4.15. The number of aromatic nitrogens is 2. The summed E-state index contributed by atoms with van der Waals surface area (Å²) in [7, 11) is 1.58. The van der Waals surface area contributed by atoms with Crippen LogP contribution in [0.4, 0.5) is 5.69 Å². The predicted octanol–water partition coefficient (Wildman–Crippen LogP) is 5.82. The van der Waals surface area contributed by atoms with Gasteiger partial charge in [0.25, 0.3) is 5.91 Å². The van der Waals surface area contributed by atoms with E-state index >= 15 is 0 Å². The molecule has 0 atom stereocenters. The number of anilines is 1. The Balaban J connectivity index is 1.48. The van der Waals surface area contributed by atoms with E-state index in [1.165, 1.54) is 0 Å². The highest BCUT2D eigenvalue weighted by Crippen LogP contribution is 2.32. The number of nitrogens with zero attached hydrogens (tertiary/aromatic N) is 2. The van der Waals surface area contributed by atoms with Crippen LogP contribution in [0, 0.1) is 13.8 Å². The van der Waals surface area contributed by atoms with E-state index in [-0.39, 0.29) is 5.91 Å². The molecule has 0 fully saturated rings. The Kier molecular flexibility index (Phi) is 7.49. The molecule has 4 rings (SSSR count). The lowest BCUT2D eigenvalue weighted by Crippen LogP contribution is -2.13. The third-order valence-corrected chi connectivity index (χ3v) is 6.32. The summed E-state index contributed by atoms with van der Waals surface area (Å²) < 4.78 is 16.6. The van der Waals surface area contributed by atoms with E-state index in [0.29, 0.717) is 35.1 Å². The third kappa shape index (κ3) is 5.58. The average molecular weight is 476 g/mol. The number of thioether (sulfide) groups is 1. The first-order valence-corrected chi connectivity index (χ1v) is 11.7. The Morgan fingerprint density at radius 3 is 2.68 bits per heavy atom. The van der Waals surface area contributed by atoms with Crippen LogP contribution >= 0.6 is 11.8 Å². The molecular weight excluding hydrogens is 450 g/mol. The molecule has 2 heterocycles. The number of carbonyl (C=O) groups is 1.